The van der Waals surface area contributed by atoms with Gasteiger partial charge in [-0.05, 0) is 54.8 Å². The summed E-state index contributed by atoms with van der Waals surface area (Å²) >= 11 is 0. The van der Waals surface area contributed by atoms with Crippen molar-refractivity contribution in [1.29, 1.82) is 0 Å². The second kappa shape index (κ2) is 8.74. The lowest BCUT2D eigenvalue weighted by Gasteiger charge is -2.39. The highest BCUT2D eigenvalue weighted by Gasteiger charge is 2.41. The van der Waals surface area contributed by atoms with Crippen LogP contribution < -0.4 is 9.80 Å². The third kappa shape index (κ3) is 3.88. The molecule has 0 radical (unpaired) electrons. The predicted molar refractivity (Wildman–Crippen MR) is 132 cm³/mol. The zero-order chi connectivity index (χ0) is 22.9. The van der Waals surface area contributed by atoms with E-state index in [4.69, 9.17) is 0 Å². The van der Waals surface area contributed by atoms with Crippen LogP contribution in [0.2, 0.25) is 0 Å². The van der Waals surface area contributed by atoms with E-state index in [-0.39, 0.29) is 11.8 Å². The van der Waals surface area contributed by atoms with Crippen molar-refractivity contribution in [2.75, 3.05) is 36.0 Å². The molecule has 0 aromatic heterocycles. The fourth-order valence-electron chi connectivity index (χ4n) is 5.01. The van der Waals surface area contributed by atoms with Gasteiger partial charge >= 0.3 is 0 Å². The first-order valence-corrected chi connectivity index (χ1v) is 11.6. The number of fused-ring (bicyclic) bond motifs is 1. The van der Waals surface area contributed by atoms with Gasteiger partial charge in [-0.1, -0.05) is 48.5 Å². The van der Waals surface area contributed by atoms with Gasteiger partial charge in [0, 0.05) is 49.5 Å². The molecule has 1 fully saturated rings. The van der Waals surface area contributed by atoms with Gasteiger partial charge in [0.1, 0.15) is 6.04 Å². The third-order valence-corrected chi connectivity index (χ3v) is 7.01. The molecule has 0 bridgehead atoms. The molecule has 0 aliphatic carbocycles. The first kappa shape index (κ1) is 21.3. The summed E-state index contributed by atoms with van der Waals surface area (Å²) in [6, 6.07) is 23.0. The number of hydrogen-bond donors (Lipinski definition) is 0. The van der Waals surface area contributed by atoms with Crippen LogP contribution in [-0.4, -0.2) is 48.9 Å². The van der Waals surface area contributed by atoms with Gasteiger partial charge < -0.3 is 9.80 Å². The fourth-order valence-corrected chi connectivity index (χ4v) is 5.01. The number of aryl methyl sites for hydroxylation is 1. The van der Waals surface area contributed by atoms with Gasteiger partial charge in [0.15, 0.2) is 0 Å². The van der Waals surface area contributed by atoms with Crippen LogP contribution >= 0.6 is 0 Å². The van der Waals surface area contributed by atoms with Crippen molar-refractivity contribution in [2.45, 2.75) is 26.3 Å². The molecule has 3 aromatic rings. The minimum Gasteiger partial charge on any atom is -0.368 e. The lowest BCUT2D eigenvalue weighted by atomic mass is 10.1. The van der Waals surface area contributed by atoms with Gasteiger partial charge in [-0.25, -0.2) is 0 Å². The van der Waals surface area contributed by atoms with Crippen molar-refractivity contribution in [2.24, 2.45) is 0 Å². The number of nitrogens with zero attached hydrogens (tertiary/aromatic N) is 3. The normalized spacial score (nSPS) is 17.8. The van der Waals surface area contributed by atoms with Crippen LogP contribution in [0.15, 0.2) is 72.8 Å². The maximum absolute atomic E-state index is 13.7. The van der Waals surface area contributed by atoms with Gasteiger partial charge in [0.05, 0.1) is 0 Å². The second-order valence-electron chi connectivity index (χ2n) is 8.92. The van der Waals surface area contributed by atoms with E-state index in [0.29, 0.717) is 25.1 Å². The number of para-hydroxylation sites is 1. The molecule has 2 aliphatic rings. The van der Waals surface area contributed by atoms with E-state index in [9.17, 15) is 9.59 Å². The lowest BCUT2D eigenvalue weighted by Crippen LogP contribution is -2.55. The van der Waals surface area contributed by atoms with Crippen LogP contribution in [0, 0.1) is 13.8 Å². The number of hydrogen-bond acceptors (Lipinski definition) is 3. The summed E-state index contributed by atoms with van der Waals surface area (Å²) in [7, 11) is 0. The zero-order valence-corrected chi connectivity index (χ0v) is 19.2. The summed E-state index contributed by atoms with van der Waals surface area (Å²) < 4.78 is 0. The zero-order valence-electron chi connectivity index (χ0n) is 19.2. The summed E-state index contributed by atoms with van der Waals surface area (Å²) in [5.74, 6) is -0.0796. The average Bonchev–Trinajstić information content (AvgIpc) is 3.25. The third-order valence-electron chi connectivity index (χ3n) is 7.01. The first-order valence-electron chi connectivity index (χ1n) is 11.6. The molecule has 3 aromatic carbocycles. The number of carbonyl (C=O) groups excluding carboxylic acids is 2. The molecule has 5 nitrogen and oxygen atoms in total. The lowest BCUT2D eigenvalue weighted by molar-refractivity contribution is -0.132. The maximum Gasteiger partial charge on any atom is 0.259 e. The smallest absolute Gasteiger partial charge is 0.259 e. The van der Waals surface area contributed by atoms with E-state index in [1.165, 1.54) is 16.8 Å². The van der Waals surface area contributed by atoms with Crippen molar-refractivity contribution < 1.29 is 9.59 Å². The van der Waals surface area contributed by atoms with Crippen molar-refractivity contribution >= 4 is 23.2 Å². The van der Waals surface area contributed by atoms with Crippen LogP contribution in [0.3, 0.4) is 0 Å². The standard InChI is InChI=1S/C28H29N3O2/c1-20-9-8-14-24(21(20)2)29-15-17-30(18-16-29)28(33)26-19-23-12-6-7-13-25(23)31(26)27(32)22-10-4-3-5-11-22/h3-14,26H,15-19H2,1-2H3/t26-/m0/s1. The molecule has 0 saturated carbocycles. The number of carbonyl (C=O) groups is 2. The van der Waals surface area contributed by atoms with Crippen molar-refractivity contribution in [3.05, 3.63) is 95.1 Å². The largest absolute Gasteiger partial charge is 0.368 e. The Balaban J connectivity index is 1.36. The van der Waals surface area contributed by atoms with E-state index in [1.54, 1.807) is 4.90 Å². The number of benzene rings is 3. The minimum absolute atomic E-state index is 0.0381. The van der Waals surface area contributed by atoms with Crippen LogP contribution in [0.25, 0.3) is 0 Å². The maximum atomic E-state index is 13.7. The minimum atomic E-state index is -0.498. The van der Waals surface area contributed by atoms with Gasteiger partial charge in [-0.3, -0.25) is 14.5 Å². The molecule has 5 rings (SSSR count). The molecular weight excluding hydrogens is 410 g/mol. The van der Waals surface area contributed by atoms with E-state index in [0.717, 1.165) is 24.3 Å². The van der Waals surface area contributed by atoms with Crippen LogP contribution in [-0.2, 0) is 11.2 Å². The molecule has 5 heteroatoms. The molecule has 2 heterocycles. The van der Waals surface area contributed by atoms with Gasteiger partial charge in [0.25, 0.3) is 5.91 Å². The quantitative estimate of drug-likeness (QED) is 0.614. The summed E-state index contributed by atoms with van der Waals surface area (Å²) in [6.45, 7) is 7.20. The summed E-state index contributed by atoms with van der Waals surface area (Å²) in [5.41, 5.74) is 6.32. The molecule has 168 valence electrons. The highest BCUT2D eigenvalue weighted by atomic mass is 16.2. The Labute approximate surface area is 195 Å². The Kier molecular flexibility index (Phi) is 5.63. The van der Waals surface area contributed by atoms with Gasteiger partial charge in [0.2, 0.25) is 5.91 Å². The van der Waals surface area contributed by atoms with Crippen LogP contribution in [0.5, 0.6) is 0 Å². The monoisotopic (exact) mass is 439 g/mol. The second-order valence-corrected chi connectivity index (χ2v) is 8.92. The van der Waals surface area contributed by atoms with Crippen molar-refractivity contribution in [3.63, 3.8) is 0 Å². The Hall–Kier alpha value is -3.60. The average molecular weight is 440 g/mol. The van der Waals surface area contributed by atoms with E-state index >= 15 is 0 Å². The number of piperazine rings is 1. The molecule has 0 unspecified atom stereocenters. The Morgan fingerprint density at radius 1 is 0.758 bits per heavy atom. The van der Waals surface area contributed by atoms with E-state index in [2.05, 4.69) is 36.9 Å². The topological polar surface area (TPSA) is 43.9 Å². The molecule has 33 heavy (non-hydrogen) atoms. The molecule has 1 saturated heterocycles. The number of rotatable bonds is 3. The Morgan fingerprint density at radius 3 is 2.18 bits per heavy atom. The molecule has 0 N–H and O–H groups in total. The van der Waals surface area contributed by atoms with E-state index < -0.39 is 6.04 Å². The van der Waals surface area contributed by atoms with Gasteiger partial charge in [-0.2, -0.15) is 0 Å². The predicted octanol–water partition coefficient (Wildman–Crippen LogP) is 4.22. The van der Waals surface area contributed by atoms with Crippen LogP contribution in [0.1, 0.15) is 27.0 Å². The SMILES string of the molecule is Cc1cccc(N2CCN(C(=O)[C@@H]3Cc4ccccc4N3C(=O)c3ccccc3)CC2)c1C. The number of amides is 2. The molecular formula is C28H29N3O2. The van der Waals surface area contributed by atoms with Crippen molar-refractivity contribution in [3.8, 4) is 0 Å². The summed E-state index contributed by atoms with van der Waals surface area (Å²) in [4.78, 5) is 33.2. The van der Waals surface area contributed by atoms with Gasteiger partial charge in [-0.15, -0.1) is 0 Å². The summed E-state index contributed by atoms with van der Waals surface area (Å²) in [5, 5.41) is 0. The Morgan fingerprint density at radius 2 is 1.42 bits per heavy atom. The molecule has 2 aliphatic heterocycles. The number of anilines is 2. The van der Waals surface area contributed by atoms with Crippen molar-refractivity contribution in [1.82, 2.24) is 4.90 Å². The summed E-state index contributed by atoms with van der Waals surface area (Å²) in [6.07, 6.45) is 0.560. The first-order chi connectivity index (χ1) is 16.0. The van der Waals surface area contributed by atoms with E-state index in [1.807, 2.05) is 59.5 Å². The Bertz CT molecular complexity index is 1180. The highest BCUT2D eigenvalue weighted by molar-refractivity contribution is 6.11. The molecule has 1 atom stereocenters. The molecule has 0 spiro atoms. The molecule has 2 amide bonds. The van der Waals surface area contributed by atoms with Crippen LogP contribution in [0.4, 0.5) is 11.4 Å². The fraction of sp³-hybridized carbons (Fsp3) is 0.286. The highest BCUT2D eigenvalue weighted by Crippen LogP contribution is 2.34.